The van der Waals surface area contributed by atoms with E-state index in [1.807, 2.05) is 6.92 Å². The Hall–Kier alpha value is -0.570. The van der Waals surface area contributed by atoms with Crippen LogP contribution < -0.4 is 11.1 Å². The van der Waals surface area contributed by atoms with E-state index in [0.29, 0.717) is 6.42 Å². The summed E-state index contributed by atoms with van der Waals surface area (Å²) in [5, 5.41) is 2.79. The first kappa shape index (κ1) is 6.55. The van der Waals surface area contributed by atoms with E-state index in [-0.39, 0.29) is 18.0 Å². The van der Waals surface area contributed by atoms with Crippen LogP contribution in [0.3, 0.4) is 0 Å². The van der Waals surface area contributed by atoms with Crippen molar-refractivity contribution in [2.75, 3.05) is 0 Å². The lowest BCUT2D eigenvalue weighted by Crippen LogP contribution is -2.35. The zero-order valence-electron chi connectivity index (χ0n) is 5.55. The van der Waals surface area contributed by atoms with Crippen molar-refractivity contribution in [3.8, 4) is 0 Å². The lowest BCUT2D eigenvalue weighted by molar-refractivity contribution is -0.119. The van der Waals surface area contributed by atoms with E-state index in [1.54, 1.807) is 0 Å². The van der Waals surface area contributed by atoms with Crippen molar-refractivity contribution >= 4 is 5.91 Å². The summed E-state index contributed by atoms with van der Waals surface area (Å²) in [7, 11) is 0. The van der Waals surface area contributed by atoms with Crippen LogP contribution in [0.25, 0.3) is 0 Å². The van der Waals surface area contributed by atoms with Gasteiger partial charge >= 0.3 is 0 Å². The van der Waals surface area contributed by atoms with E-state index in [2.05, 4.69) is 5.32 Å². The number of nitrogens with one attached hydrogen (secondary N) is 1. The van der Waals surface area contributed by atoms with E-state index in [1.165, 1.54) is 0 Å². The fourth-order valence-electron chi connectivity index (χ4n) is 1.13. The number of nitrogens with two attached hydrogens (primary N) is 1. The summed E-state index contributed by atoms with van der Waals surface area (Å²) >= 11 is 0. The summed E-state index contributed by atoms with van der Waals surface area (Å²) in [6.45, 7) is 2.02. The van der Waals surface area contributed by atoms with Gasteiger partial charge in [0.25, 0.3) is 0 Å². The summed E-state index contributed by atoms with van der Waals surface area (Å²) < 4.78 is 0. The van der Waals surface area contributed by atoms with Crippen LogP contribution in [0.2, 0.25) is 0 Å². The Morgan fingerprint density at radius 1 is 1.89 bits per heavy atom. The molecule has 3 N–H and O–H groups in total. The zero-order chi connectivity index (χ0) is 6.85. The molecule has 2 atom stereocenters. The predicted molar refractivity (Wildman–Crippen MR) is 34.8 cm³/mol. The molecule has 0 radical (unpaired) electrons. The van der Waals surface area contributed by atoms with Gasteiger partial charge in [-0.15, -0.1) is 0 Å². The minimum atomic E-state index is 0.0440. The minimum Gasteiger partial charge on any atom is -0.352 e. The second-order valence-electron chi connectivity index (χ2n) is 2.45. The topological polar surface area (TPSA) is 55.1 Å². The Balaban J connectivity index is 2.47. The van der Waals surface area contributed by atoms with Gasteiger partial charge in [-0.25, -0.2) is 0 Å². The number of carbonyl (C=O) groups excluding carboxylic acids is 1. The van der Waals surface area contributed by atoms with Gasteiger partial charge in [-0.05, 0) is 6.42 Å². The summed E-state index contributed by atoms with van der Waals surface area (Å²) in [6, 6.07) is 0.264. The van der Waals surface area contributed by atoms with Crippen molar-refractivity contribution in [3.63, 3.8) is 0 Å². The van der Waals surface area contributed by atoms with Crippen LogP contribution in [-0.4, -0.2) is 18.0 Å². The van der Waals surface area contributed by atoms with Crippen LogP contribution in [0, 0.1) is 0 Å². The van der Waals surface area contributed by atoms with Crippen molar-refractivity contribution < 1.29 is 4.79 Å². The normalized spacial score (nSPS) is 34.7. The van der Waals surface area contributed by atoms with Crippen molar-refractivity contribution in [2.24, 2.45) is 5.73 Å². The van der Waals surface area contributed by atoms with Crippen LogP contribution in [-0.2, 0) is 4.79 Å². The van der Waals surface area contributed by atoms with Gasteiger partial charge in [0.1, 0.15) is 0 Å². The second-order valence-corrected chi connectivity index (χ2v) is 2.45. The maximum atomic E-state index is 10.6. The third kappa shape index (κ3) is 1.21. The molecule has 1 amide bonds. The largest absolute Gasteiger partial charge is 0.352 e. The summed E-state index contributed by atoms with van der Waals surface area (Å²) in [6.07, 6.45) is 1.44. The second kappa shape index (κ2) is 2.35. The molecule has 0 spiro atoms. The average molecular weight is 128 g/mol. The van der Waals surface area contributed by atoms with E-state index in [4.69, 9.17) is 5.73 Å². The monoisotopic (exact) mass is 128 g/mol. The van der Waals surface area contributed by atoms with Crippen molar-refractivity contribution in [2.45, 2.75) is 31.8 Å². The molecule has 9 heavy (non-hydrogen) atoms. The molecule has 3 heteroatoms. The molecule has 1 saturated heterocycles. The quantitative estimate of drug-likeness (QED) is 0.505. The van der Waals surface area contributed by atoms with Crippen molar-refractivity contribution in [1.82, 2.24) is 5.32 Å². The fourth-order valence-corrected chi connectivity index (χ4v) is 1.13. The molecule has 52 valence electrons. The van der Waals surface area contributed by atoms with Gasteiger partial charge in [-0.3, -0.25) is 4.79 Å². The first-order valence-corrected chi connectivity index (χ1v) is 3.29. The molecule has 0 aromatic rings. The molecular formula is C6H12N2O. The zero-order valence-corrected chi connectivity index (χ0v) is 5.55. The third-order valence-electron chi connectivity index (χ3n) is 1.72. The molecule has 1 aliphatic rings. The molecule has 0 aromatic heterocycles. The van der Waals surface area contributed by atoms with Gasteiger partial charge in [-0.2, -0.15) is 0 Å². The fraction of sp³-hybridized carbons (Fsp3) is 0.833. The molecule has 1 rings (SSSR count). The molecule has 1 aliphatic heterocycles. The molecule has 0 aliphatic carbocycles. The highest BCUT2D eigenvalue weighted by Crippen LogP contribution is 2.07. The molecule has 0 aromatic carbocycles. The molecular weight excluding hydrogens is 116 g/mol. The van der Waals surface area contributed by atoms with E-state index < -0.39 is 0 Å². The number of hydrogen-bond donors (Lipinski definition) is 2. The van der Waals surface area contributed by atoms with Gasteiger partial charge in [0, 0.05) is 18.5 Å². The van der Waals surface area contributed by atoms with Crippen LogP contribution in [0.5, 0.6) is 0 Å². The highest BCUT2D eigenvalue weighted by Gasteiger charge is 2.27. The highest BCUT2D eigenvalue weighted by atomic mass is 16.2. The van der Waals surface area contributed by atoms with Crippen molar-refractivity contribution in [1.29, 1.82) is 0 Å². The summed E-state index contributed by atoms with van der Waals surface area (Å²) in [5.41, 5.74) is 5.60. The van der Waals surface area contributed by atoms with Gasteiger partial charge in [-0.1, -0.05) is 6.92 Å². The predicted octanol–water partition coefficient (Wildman–Crippen LogP) is -0.388. The van der Waals surface area contributed by atoms with Gasteiger partial charge in [0.05, 0.1) is 0 Å². The average Bonchev–Trinajstić information content (AvgIpc) is 2.10. The summed E-state index contributed by atoms with van der Waals surface area (Å²) in [4.78, 5) is 10.6. The Morgan fingerprint density at radius 3 is 2.78 bits per heavy atom. The molecule has 0 saturated carbocycles. The first-order chi connectivity index (χ1) is 4.24. The molecule has 2 unspecified atom stereocenters. The van der Waals surface area contributed by atoms with Crippen LogP contribution in [0.15, 0.2) is 0 Å². The van der Waals surface area contributed by atoms with E-state index >= 15 is 0 Å². The minimum absolute atomic E-state index is 0.0440. The SMILES string of the molecule is CCC1NC(=O)CC1N. The maximum absolute atomic E-state index is 10.6. The van der Waals surface area contributed by atoms with E-state index in [0.717, 1.165) is 6.42 Å². The van der Waals surface area contributed by atoms with Crippen LogP contribution in [0.1, 0.15) is 19.8 Å². The smallest absolute Gasteiger partial charge is 0.221 e. The summed E-state index contributed by atoms with van der Waals surface area (Å²) in [5.74, 6) is 0.0920. The van der Waals surface area contributed by atoms with Crippen LogP contribution in [0.4, 0.5) is 0 Å². The number of rotatable bonds is 1. The van der Waals surface area contributed by atoms with E-state index in [9.17, 15) is 4.79 Å². The lowest BCUT2D eigenvalue weighted by atomic mass is 10.1. The Labute approximate surface area is 54.6 Å². The van der Waals surface area contributed by atoms with Gasteiger partial charge in [0.15, 0.2) is 0 Å². The Kier molecular flexibility index (Phi) is 1.71. The first-order valence-electron chi connectivity index (χ1n) is 3.29. The van der Waals surface area contributed by atoms with Crippen LogP contribution >= 0.6 is 0 Å². The molecule has 0 bridgehead atoms. The lowest BCUT2D eigenvalue weighted by Gasteiger charge is -2.10. The number of amides is 1. The van der Waals surface area contributed by atoms with Gasteiger partial charge in [0.2, 0.25) is 5.91 Å². The molecule has 3 nitrogen and oxygen atoms in total. The standard InChI is InChI=1S/C6H12N2O/c1-2-5-4(7)3-6(9)8-5/h4-5H,2-3,7H2,1H3,(H,8,9). The van der Waals surface area contributed by atoms with Gasteiger partial charge < -0.3 is 11.1 Å². The molecule has 1 heterocycles. The Bertz CT molecular complexity index is 124. The van der Waals surface area contributed by atoms with Crippen molar-refractivity contribution in [3.05, 3.63) is 0 Å². The highest BCUT2D eigenvalue weighted by molar-refractivity contribution is 5.79. The maximum Gasteiger partial charge on any atom is 0.221 e. The third-order valence-corrected chi connectivity index (χ3v) is 1.72. The number of hydrogen-bond acceptors (Lipinski definition) is 2. The Morgan fingerprint density at radius 2 is 2.56 bits per heavy atom. The number of carbonyl (C=O) groups is 1. The molecule has 1 fully saturated rings.